The maximum atomic E-state index is 12.3. The Bertz CT molecular complexity index is 838. The zero-order valence-corrected chi connectivity index (χ0v) is 15.7. The smallest absolute Gasteiger partial charge is 0.338 e. The standard InChI is InChI=1S/C20H22N2O6/c1-3-7-16(14-8-5-4-6-9-14)21-19(23)13-28-18-11-10-15(20(24)27-2)12-17(18)22(25)26/h4-6,8-12,16H,3,7,13H2,1-2H3,(H,21,23)/t16-/m0/s1. The van der Waals surface area contributed by atoms with E-state index in [1.807, 2.05) is 37.3 Å². The Morgan fingerprint density at radius 2 is 1.89 bits per heavy atom. The molecule has 2 aromatic carbocycles. The van der Waals surface area contributed by atoms with Gasteiger partial charge in [-0.1, -0.05) is 43.7 Å². The van der Waals surface area contributed by atoms with Crippen molar-refractivity contribution < 1.29 is 24.0 Å². The number of methoxy groups -OCH3 is 1. The van der Waals surface area contributed by atoms with Crippen LogP contribution in [0.1, 0.15) is 41.7 Å². The molecule has 0 spiro atoms. The SMILES string of the molecule is CCC[C@H](NC(=O)COc1ccc(C(=O)OC)cc1[N+](=O)[O-])c1ccccc1. The van der Waals surface area contributed by atoms with Crippen molar-refractivity contribution in [1.82, 2.24) is 5.32 Å². The number of amides is 1. The number of esters is 1. The average molecular weight is 386 g/mol. The highest BCUT2D eigenvalue weighted by molar-refractivity contribution is 5.90. The average Bonchev–Trinajstić information content (AvgIpc) is 2.71. The van der Waals surface area contributed by atoms with Crippen molar-refractivity contribution in [3.05, 3.63) is 69.8 Å². The van der Waals surface area contributed by atoms with E-state index in [2.05, 4.69) is 10.1 Å². The lowest BCUT2D eigenvalue weighted by atomic mass is 10.0. The quantitative estimate of drug-likeness (QED) is 0.402. The summed E-state index contributed by atoms with van der Waals surface area (Å²) >= 11 is 0. The molecule has 0 fully saturated rings. The number of carbonyl (C=O) groups is 2. The molecule has 1 atom stereocenters. The first-order valence-electron chi connectivity index (χ1n) is 8.80. The van der Waals surface area contributed by atoms with E-state index in [-0.39, 0.29) is 24.0 Å². The highest BCUT2D eigenvalue weighted by Crippen LogP contribution is 2.28. The zero-order chi connectivity index (χ0) is 20.5. The summed E-state index contributed by atoms with van der Waals surface area (Å²) in [4.78, 5) is 34.4. The second-order valence-electron chi connectivity index (χ2n) is 6.04. The number of rotatable bonds is 9. The summed E-state index contributed by atoms with van der Waals surface area (Å²) in [5.41, 5.74) is 0.591. The van der Waals surface area contributed by atoms with Gasteiger partial charge in [-0.3, -0.25) is 14.9 Å². The van der Waals surface area contributed by atoms with Crippen molar-refractivity contribution in [2.75, 3.05) is 13.7 Å². The molecule has 0 saturated heterocycles. The topological polar surface area (TPSA) is 108 Å². The molecule has 0 aliphatic heterocycles. The molecule has 0 aliphatic carbocycles. The van der Waals surface area contributed by atoms with Crippen LogP contribution < -0.4 is 10.1 Å². The van der Waals surface area contributed by atoms with Crippen LogP contribution in [0.3, 0.4) is 0 Å². The summed E-state index contributed by atoms with van der Waals surface area (Å²) in [7, 11) is 1.18. The van der Waals surface area contributed by atoms with Gasteiger partial charge in [-0.2, -0.15) is 0 Å². The van der Waals surface area contributed by atoms with E-state index in [0.29, 0.717) is 0 Å². The van der Waals surface area contributed by atoms with Crippen LogP contribution in [0.15, 0.2) is 48.5 Å². The Kier molecular flexibility index (Phi) is 7.50. The lowest BCUT2D eigenvalue weighted by Gasteiger charge is -2.18. The minimum Gasteiger partial charge on any atom is -0.477 e. The number of nitro groups is 1. The van der Waals surface area contributed by atoms with Gasteiger partial charge in [0, 0.05) is 6.07 Å². The van der Waals surface area contributed by atoms with E-state index < -0.39 is 22.5 Å². The lowest BCUT2D eigenvalue weighted by Crippen LogP contribution is -2.32. The zero-order valence-electron chi connectivity index (χ0n) is 15.7. The predicted octanol–water partition coefficient (Wildman–Crippen LogP) is 3.42. The number of nitro benzene ring substituents is 1. The molecule has 148 valence electrons. The molecular weight excluding hydrogens is 364 g/mol. The fourth-order valence-electron chi connectivity index (χ4n) is 2.70. The molecule has 0 saturated carbocycles. The predicted molar refractivity (Wildman–Crippen MR) is 102 cm³/mol. The fourth-order valence-corrected chi connectivity index (χ4v) is 2.70. The Labute approximate surface area is 162 Å². The van der Waals surface area contributed by atoms with Gasteiger partial charge in [0.05, 0.1) is 23.6 Å². The molecular formula is C20H22N2O6. The fraction of sp³-hybridized carbons (Fsp3) is 0.300. The van der Waals surface area contributed by atoms with Crippen molar-refractivity contribution in [2.24, 2.45) is 0 Å². The van der Waals surface area contributed by atoms with E-state index in [1.54, 1.807) is 0 Å². The number of carbonyl (C=O) groups excluding carboxylic acids is 2. The van der Waals surface area contributed by atoms with Crippen LogP contribution in [0.25, 0.3) is 0 Å². The van der Waals surface area contributed by atoms with Crippen LogP contribution in [0, 0.1) is 10.1 Å². The van der Waals surface area contributed by atoms with Gasteiger partial charge in [0.15, 0.2) is 12.4 Å². The second-order valence-corrected chi connectivity index (χ2v) is 6.04. The van der Waals surface area contributed by atoms with Crippen LogP contribution in [0.4, 0.5) is 5.69 Å². The monoisotopic (exact) mass is 386 g/mol. The summed E-state index contributed by atoms with van der Waals surface area (Å²) in [5, 5.41) is 14.1. The van der Waals surface area contributed by atoms with Crippen LogP contribution in [-0.4, -0.2) is 30.5 Å². The number of benzene rings is 2. The third-order valence-electron chi connectivity index (χ3n) is 4.05. The van der Waals surface area contributed by atoms with Crippen molar-refractivity contribution in [3.63, 3.8) is 0 Å². The number of hydrogen-bond acceptors (Lipinski definition) is 6. The van der Waals surface area contributed by atoms with Crippen molar-refractivity contribution in [2.45, 2.75) is 25.8 Å². The van der Waals surface area contributed by atoms with E-state index in [4.69, 9.17) is 4.74 Å². The molecule has 1 N–H and O–H groups in total. The summed E-state index contributed by atoms with van der Waals surface area (Å²) in [6.07, 6.45) is 1.63. The van der Waals surface area contributed by atoms with Gasteiger partial charge in [0.25, 0.3) is 5.91 Å². The van der Waals surface area contributed by atoms with E-state index in [1.165, 1.54) is 19.2 Å². The van der Waals surface area contributed by atoms with Gasteiger partial charge in [-0.25, -0.2) is 4.79 Å². The highest BCUT2D eigenvalue weighted by Gasteiger charge is 2.21. The van der Waals surface area contributed by atoms with E-state index >= 15 is 0 Å². The Morgan fingerprint density at radius 3 is 2.50 bits per heavy atom. The molecule has 2 aromatic rings. The molecule has 0 heterocycles. The molecule has 0 radical (unpaired) electrons. The summed E-state index contributed by atoms with van der Waals surface area (Å²) in [6, 6.07) is 13.1. The van der Waals surface area contributed by atoms with Crippen LogP contribution in [0.2, 0.25) is 0 Å². The first-order chi connectivity index (χ1) is 13.5. The van der Waals surface area contributed by atoms with Gasteiger partial charge in [-0.15, -0.1) is 0 Å². The molecule has 28 heavy (non-hydrogen) atoms. The second kappa shape index (κ2) is 10.1. The maximum absolute atomic E-state index is 12.3. The van der Waals surface area contributed by atoms with Crippen LogP contribution in [-0.2, 0) is 9.53 Å². The summed E-state index contributed by atoms with van der Waals surface area (Å²) < 4.78 is 9.89. The molecule has 8 heteroatoms. The van der Waals surface area contributed by atoms with Crippen molar-refractivity contribution in [1.29, 1.82) is 0 Å². The van der Waals surface area contributed by atoms with Crippen molar-refractivity contribution >= 4 is 17.6 Å². The van der Waals surface area contributed by atoms with Crippen LogP contribution >= 0.6 is 0 Å². The summed E-state index contributed by atoms with van der Waals surface area (Å²) in [6.45, 7) is 1.64. The van der Waals surface area contributed by atoms with E-state index in [0.717, 1.165) is 24.5 Å². The Balaban J connectivity index is 2.07. The number of hydrogen-bond donors (Lipinski definition) is 1. The van der Waals surface area contributed by atoms with Gasteiger partial charge in [0.2, 0.25) is 0 Å². The lowest BCUT2D eigenvalue weighted by molar-refractivity contribution is -0.385. The number of nitrogens with zero attached hydrogens (tertiary/aromatic N) is 1. The largest absolute Gasteiger partial charge is 0.477 e. The first-order valence-corrected chi connectivity index (χ1v) is 8.80. The Hall–Kier alpha value is -3.42. The highest BCUT2D eigenvalue weighted by atomic mass is 16.6. The maximum Gasteiger partial charge on any atom is 0.338 e. The number of ether oxygens (including phenoxy) is 2. The van der Waals surface area contributed by atoms with Gasteiger partial charge in [-0.05, 0) is 24.1 Å². The molecule has 1 amide bonds. The van der Waals surface area contributed by atoms with Gasteiger partial charge >= 0.3 is 11.7 Å². The van der Waals surface area contributed by atoms with Gasteiger partial charge in [0.1, 0.15) is 0 Å². The molecule has 0 aromatic heterocycles. The molecule has 2 rings (SSSR count). The summed E-state index contributed by atoms with van der Waals surface area (Å²) in [5.74, 6) is -1.19. The Morgan fingerprint density at radius 1 is 1.18 bits per heavy atom. The number of nitrogens with one attached hydrogen (secondary N) is 1. The van der Waals surface area contributed by atoms with Crippen LogP contribution in [0.5, 0.6) is 5.75 Å². The molecule has 0 bridgehead atoms. The van der Waals surface area contributed by atoms with E-state index in [9.17, 15) is 19.7 Å². The molecule has 0 unspecified atom stereocenters. The molecule has 8 nitrogen and oxygen atoms in total. The minimum absolute atomic E-state index is 0.0260. The third-order valence-corrected chi connectivity index (χ3v) is 4.05. The normalized spacial score (nSPS) is 11.4. The van der Waals surface area contributed by atoms with Crippen molar-refractivity contribution in [3.8, 4) is 5.75 Å². The minimum atomic E-state index is -0.697. The molecule has 0 aliphatic rings. The van der Waals surface area contributed by atoms with Gasteiger partial charge < -0.3 is 14.8 Å². The third kappa shape index (κ3) is 5.54. The first kappa shape index (κ1) is 20.9.